The summed E-state index contributed by atoms with van der Waals surface area (Å²) in [7, 11) is 3.60. The van der Waals surface area contributed by atoms with Crippen LogP contribution in [-0.2, 0) is 6.54 Å². The largest absolute Gasteiger partial charge is 0.872 e. The third-order valence-corrected chi connectivity index (χ3v) is 5.15. The number of ether oxygens (including phenoxy) is 1. The minimum Gasteiger partial charge on any atom is -0.872 e. The highest BCUT2D eigenvalue weighted by Gasteiger charge is 2.19. The molecule has 0 aromatic heterocycles. The second-order valence-corrected chi connectivity index (χ2v) is 7.03. The molecule has 3 aromatic rings. The van der Waals surface area contributed by atoms with Gasteiger partial charge in [-0.2, -0.15) is 0 Å². The molecule has 0 amide bonds. The van der Waals surface area contributed by atoms with Crippen LogP contribution in [0.2, 0.25) is 0 Å². The Morgan fingerprint density at radius 3 is 1.76 bits per heavy atom. The number of rotatable bonds is 6. The fourth-order valence-corrected chi connectivity index (χ4v) is 3.51. The van der Waals surface area contributed by atoms with Crippen LogP contribution in [0.1, 0.15) is 16.7 Å². The lowest BCUT2D eigenvalue weighted by atomic mass is 9.84. The van der Waals surface area contributed by atoms with E-state index in [2.05, 4.69) is 17.0 Å². The number of allylic oxidation sites excluding steroid dienone is 2. The minimum absolute atomic E-state index is 0.203. The summed E-state index contributed by atoms with van der Waals surface area (Å²) < 4.78 is 5.12. The second kappa shape index (κ2) is 7.76. The molecule has 0 bridgehead atoms. The minimum atomic E-state index is -0.203. The monoisotopic (exact) mass is 383 g/mol. The summed E-state index contributed by atoms with van der Waals surface area (Å²) in [6.45, 7) is 0.782. The van der Waals surface area contributed by atoms with Crippen LogP contribution in [0.5, 0.6) is 5.75 Å². The SMILES string of the molecule is COc1ccc(C2=C([O-])C(c3ccc(N(C)Cc4ccccc4)cc3)=C2[O-])cc1. The highest BCUT2D eigenvalue weighted by molar-refractivity contribution is 6.05. The smallest absolute Gasteiger partial charge is 0.118 e. The van der Waals surface area contributed by atoms with Crippen molar-refractivity contribution in [2.75, 3.05) is 19.1 Å². The van der Waals surface area contributed by atoms with E-state index in [9.17, 15) is 10.2 Å². The molecule has 0 fully saturated rings. The lowest BCUT2D eigenvalue weighted by Gasteiger charge is -2.40. The van der Waals surface area contributed by atoms with Gasteiger partial charge < -0.3 is 19.8 Å². The standard InChI is InChI=1S/C25H23NO3/c1-26(16-17-6-4-3-5-7-17)20-12-8-18(9-13-20)22-24(27)23(25(22)28)19-10-14-21(29-2)15-11-19/h3-15,27-28H,16H2,1-2H3/p-2. The van der Waals surface area contributed by atoms with Crippen molar-refractivity contribution in [2.45, 2.75) is 6.54 Å². The summed E-state index contributed by atoms with van der Waals surface area (Å²) in [6, 6.07) is 24.8. The molecule has 0 atom stereocenters. The van der Waals surface area contributed by atoms with Gasteiger partial charge in [0.15, 0.2) is 0 Å². The molecule has 29 heavy (non-hydrogen) atoms. The van der Waals surface area contributed by atoms with E-state index in [1.165, 1.54) is 5.56 Å². The van der Waals surface area contributed by atoms with Crippen molar-refractivity contribution in [1.82, 2.24) is 0 Å². The van der Waals surface area contributed by atoms with Crippen LogP contribution in [0, 0.1) is 0 Å². The topological polar surface area (TPSA) is 58.6 Å². The Hall–Kier alpha value is -3.66. The van der Waals surface area contributed by atoms with Crippen molar-refractivity contribution in [3.8, 4) is 5.75 Å². The molecular formula is C25H21NO3-2. The zero-order chi connectivity index (χ0) is 20.4. The lowest BCUT2D eigenvalue weighted by molar-refractivity contribution is -0.316. The number of methoxy groups -OCH3 is 1. The van der Waals surface area contributed by atoms with Gasteiger partial charge in [0.05, 0.1) is 7.11 Å². The zero-order valence-electron chi connectivity index (χ0n) is 16.4. The average molecular weight is 383 g/mol. The Morgan fingerprint density at radius 1 is 0.724 bits per heavy atom. The van der Waals surface area contributed by atoms with Crippen LogP contribution in [-0.4, -0.2) is 14.2 Å². The van der Waals surface area contributed by atoms with Crippen molar-refractivity contribution in [2.24, 2.45) is 0 Å². The lowest BCUT2D eigenvalue weighted by Crippen LogP contribution is -2.26. The molecule has 4 rings (SSSR count). The maximum Gasteiger partial charge on any atom is 0.118 e. The highest BCUT2D eigenvalue weighted by Crippen LogP contribution is 2.42. The molecule has 0 N–H and O–H groups in total. The van der Waals surface area contributed by atoms with Gasteiger partial charge in [-0.1, -0.05) is 66.1 Å². The number of anilines is 1. The predicted octanol–water partition coefficient (Wildman–Crippen LogP) is 3.19. The summed E-state index contributed by atoms with van der Waals surface area (Å²) in [5, 5.41) is 25.3. The molecule has 3 aromatic carbocycles. The predicted molar refractivity (Wildman–Crippen MR) is 112 cm³/mol. The quantitative estimate of drug-likeness (QED) is 0.656. The van der Waals surface area contributed by atoms with Gasteiger partial charge in [0.2, 0.25) is 0 Å². The summed E-state index contributed by atoms with van der Waals surface area (Å²) in [5.41, 5.74) is 4.03. The first-order valence-corrected chi connectivity index (χ1v) is 9.41. The molecule has 0 radical (unpaired) electrons. The molecule has 4 nitrogen and oxygen atoms in total. The van der Waals surface area contributed by atoms with Gasteiger partial charge >= 0.3 is 0 Å². The maximum absolute atomic E-state index is 12.7. The Labute approximate surface area is 170 Å². The molecule has 0 saturated heterocycles. The Bertz CT molecular complexity index is 1070. The molecule has 1 aliphatic carbocycles. The molecule has 0 aliphatic heterocycles. The van der Waals surface area contributed by atoms with Crippen molar-refractivity contribution < 1.29 is 14.9 Å². The van der Waals surface area contributed by atoms with E-state index in [0.717, 1.165) is 12.2 Å². The Morgan fingerprint density at radius 2 is 1.24 bits per heavy atom. The molecule has 0 spiro atoms. The van der Waals surface area contributed by atoms with Crippen LogP contribution >= 0.6 is 0 Å². The van der Waals surface area contributed by atoms with E-state index >= 15 is 0 Å². The summed E-state index contributed by atoms with van der Waals surface area (Å²) in [4.78, 5) is 2.13. The molecule has 0 unspecified atom stereocenters. The highest BCUT2D eigenvalue weighted by atomic mass is 16.5. The van der Waals surface area contributed by atoms with Gasteiger partial charge in [0, 0.05) is 19.3 Å². The number of hydrogen-bond donors (Lipinski definition) is 0. The van der Waals surface area contributed by atoms with Crippen molar-refractivity contribution in [3.63, 3.8) is 0 Å². The normalized spacial score (nSPS) is 13.3. The van der Waals surface area contributed by atoms with Crippen LogP contribution < -0.4 is 19.8 Å². The van der Waals surface area contributed by atoms with E-state index in [4.69, 9.17) is 4.74 Å². The van der Waals surface area contributed by atoms with Gasteiger partial charge in [-0.25, -0.2) is 0 Å². The van der Waals surface area contributed by atoms with E-state index in [1.807, 2.05) is 49.5 Å². The zero-order valence-corrected chi connectivity index (χ0v) is 16.4. The van der Waals surface area contributed by atoms with Crippen molar-refractivity contribution in [1.29, 1.82) is 0 Å². The first-order valence-electron chi connectivity index (χ1n) is 9.41. The third kappa shape index (κ3) is 3.57. The van der Waals surface area contributed by atoms with Crippen LogP contribution in [0.25, 0.3) is 11.1 Å². The van der Waals surface area contributed by atoms with Gasteiger partial charge in [0.25, 0.3) is 0 Å². The first kappa shape index (κ1) is 18.7. The molecular weight excluding hydrogens is 362 g/mol. The molecule has 0 saturated carbocycles. The van der Waals surface area contributed by atoms with Gasteiger partial charge in [-0.15, -0.1) is 0 Å². The van der Waals surface area contributed by atoms with Gasteiger partial charge in [0.1, 0.15) is 5.75 Å². The average Bonchev–Trinajstić information content (AvgIpc) is 2.75. The van der Waals surface area contributed by atoms with Crippen LogP contribution in [0.15, 0.2) is 90.4 Å². The van der Waals surface area contributed by atoms with E-state index in [-0.39, 0.29) is 22.7 Å². The molecule has 0 heterocycles. The van der Waals surface area contributed by atoms with Gasteiger partial charge in [-0.05, 0) is 52.1 Å². The summed E-state index contributed by atoms with van der Waals surface area (Å²) in [5.74, 6) is 0.282. The number of hydrogen-bond acceptors (Lipinski definition) is 4. The van der Waals surface area contributed by atoms with Gasteiger partial charge in [-0.3, -0.25) is 0 Å². The van der Waals surface area contributed by atoms with Crippen molar-refractivity contribution in [3.05, 3.63) is 107 Å². The van der Waals surface area contributed by atoms with E-state index in [0.29, 0.717) is 16.9 Å². The first-order chi connectivity index (χ1) is 14.1. The van der Waals surface area contributed by atoms with E-state index < -0.39 is 0 Å². The van der Waals surface area contributed by atoms with E-state index in [1.54, 1.807) is 31.4 Å². The summed E-state index contributed by atoms with van der Waals surface area (Å²) in [6.07, 6.45) is 0. The fourth-order valence-electron chi connectivity index (χ4n) is 3.51. The van der Waals surface area contributed by atoms with Crippen LogP contribution in [0.3, 0.4) is 0 Å². The van der Waals surface area contributed by atoms with Crippen LogP contribution in [0.4, 0.5) is 5.69 Å². The number of benzene rings is 3. The maximum atomic E-state index is 12.7. The molecule has 1 aliphatic rings. The summed E-state index contributed by atoms with van der Waals surface area (Å²) >= 11 is 0. The Balaban J connectivity index is 1.51. The number of nitrogens with zero attached hydrogens (tertiary/aromatic N) is 1. The second-order valence-electron chi connectivity index (χ2n) is 7.03. The third-order valence-electron chi connectivity index (χ3n) is 5.15. The fraction of sp³-hybridized carbons (Fsp3) is 0.120. The molecule has 4 heteroatoms. The van der Waals surface area contributed by atoms with Crippen molar-refractivity contribution >= 4 is 16.8 Å². The Kier molecular flexibility index (Phi) is 5.00. The molecule has 146 valence electrons.